The summed E-state index contributed by atoms with van der Waals surface area (Å²) < 4.78 is 67.4. The number of ether oxygens (including phenoxy) is 2. The average Bonchev–Trinajstić information content (AvgIpc) is 3.39. The molecule has 0 bridgehead atoms. The number of aryl methyl sites for hydroxylation is 2. The molecule has 0 spiro atoms. The van der Waals surface area contributed by atoms with Gasteiger partial charge in [0, 0.05) is 13.1 Å². The Balaban J connectivity index is 1.02. The summed E-state index contributed by atoms with van der Waals surface area (Å²) >= 11 is 0. The number of sulfone groups is 2. The van der Waals surface area contributed by atoms with Crippen LogP contribution in [0.15, 0.2) is 164 Å². The van der Waals surface area contributed by atoms with Gasteiger partial charge in [-0.1, -0.05) is 29.8 Å². The summed E-state index contributed by atoms with van der Waals surface area (Å²) in [6.07, 6.45) is 0. The lowest BCUT2D eigenvalue weighted by Crippen LogP contribution is -2.20. The second kappa shape index (κ2) is 13.0. The van der Waals surface area contributed by atoms with Gasteiger partial charge in [-0.2, -0.15) is 0 Å². The number of benzene rings is 6. The first-order valence-electron chi connectivity index (χ1n) is 15.6. The van der Waals surface area contributed by atoms with Crippen molar-refractivity contribution in [2.24, 2.45) is 7.05 Å². The van der Waals surface area contributed by atoms with Crippen molar-refractivity contribution in [1.82, 2.24) is 9.13 Å². The summed E-state index contributed by atoms with van der Waals surface area (Å²) in [7, 11) is -5.89. The van der Waals surface area contributed by atoms with E-state index in [-0.39, 0.29) is 42.5 Å². The highest BCUT2D eigenvalue weighted by atomic mass is 32.2. The minimum Gasteiger partial charge on any atom is -0.504 e. The molecular weight excluding hydrogens is 689 g/mol. The molecule has 0 saturated carbocycles. The number of para-hydroxylation sites is 2. The van der Waals surface area contributed by atoms with Crippen LogP contribution < -0.4 is 15.2 Å². The van der Waals surface area contributed by atoms with Gasteiger partial charge >= 0.3 is 5.69 Å². The number of fused-ring (bicyclic) bond motifs is 1. The average molecular weight is 719 g/mol. The molecule has 256 valence electrons. The Morgan fingerprint density at radius 2 is 1.00 bits per heavy atom. The number of nitrogens with zero attached hydrogens (tertiary/aromatic N) is 2. The SMILES string of the molecule is Cc1ccc(S(=O)(=O)c2ccc(Oc3ccc(Oc4ccc(S(=O)(=O)c5ccc(-n6c(=O)n(C)c7ccccc76)cc5)cc4)cc3O)cc2)cc1. The van der Waals surface area contributed by atoms with Gasteiger partial charge in [-0.25, -0.2) is 21.6 Å². The van der Waals surface area contributed by atoms with Gasteiger partial charge in [-0.15, -0.1) is 0 Å². The van der Waals surface area contributed by atoms with Crippen LogP contribution in [0.3, 0.4) is 0 Å². The van der Waals surface area contributed by atoms with Gasteiger partial charge in [0.1, 0.15) is 17.2 Å². The predicted octanol–water partition coefficient (Wildman–Crippen LogP) is 7.59. The first-order valence-corrected chi connectivity index (χ1v) is 18.6. The third kappa shape index (κ3) is 6.38. The van der Waals surface area contributed by atoms with Crippen LogP contribution in [-0.2, 0) is 26.7 Å². The van der Waals surface area contributed by atoms with Gasteiger partial charge in [0.05, 0.1) is 36.3 Å². The zero-order valence-electron chi connectivity index (χ0n) is 27.3. The van der Waals surface area contributed by atoms with E-state index in [2.05, 4.69) is 0 Å². The molecule has 10 nitrogen and oxygen atoms in total. The van der Waals surface area contributed by atoms with Crippen LogP contribution in [0.2, 0.25) is 0 Å². The number of rotatable bonds is 9. The van der Waals surface area contributed by atoms with Crippen molar-refractivity contribution in [1.29, 1.82) is 0 Å². The number of hydrogen-bond donors (Lipinski definition) is 1. The van der Waals surface area contributed by atoms with Crippen LogP contribution in [0, 0.1) is 6.92 Å². The monoisotopic (exact) mass is 718 g/mol. The first-order chi connectivity index (χ1) is 24.4. The van der Waals surface area contributed by atoms with Crippen LogP contribution in [0.25, 0.3) is 16.7 Å². The summed E-state index contributed by atoms with van der Waals surface area (Å²) in [6.45, 7) is 1.88. The maximum Gasteiger partial charge on any atom is 0.333 e. The highest BCUT2D eigenvalue weighted by molar-refractivity contribution is 7.91. The van der Waals surface area contributed by atoms with Gasteiger partial charge in [0.2, 0.25) is 19.7 Å². The van der Waals surface area contributed by atoms with Crippen molar-refractivity contribution in [3.05, 3.63) is 156 Å². The van der Waals surface area contributed by atoms with E-state index in [1.807, 2.05) is 31.2 Å². The fraction of sp³-hybridized carbons (Fsp3) is 0.0513. The molecule has 1 aromatic heterocycles. The van der Waals surface area contributed by atoms with E-state index >= 15 is 0 Å². The number of phenols is 1. The topological polar surface area (TPSA) is 134 Å². The Bertz CT molecular complexity index is 2680. The lowest BCUT2D eigenvalue weighted by atomic mass is 10.2. The Kier molecular flexibility index (Phi) is 8.49. The number of aromatic hydroxyl groups is 1. The molecule has 7 aromatic rings. The van der Waals surface area contributed by atoms with E-state index in [1.54, 1.807) is 49.5 Å². The fourth-order valence-electron chi connectivity index (χ4n) is 5.59. The molecule has 0 atom stereocenters. The van der Waals surface area contributed by atoms with E-state index in [4.69, 9.17) is 9.47 Å². The molecule has 1 heterocycles. The van der Waals surface area contributed by atoms with Crippen molar-refractivity contribution in [3.63, 3.8) is 0 Å². The normalized spacial score (nSPS) is 11.8. The Morgan fingerprint density at radius 1 is 0.549 bits per heavy atom. The fourth-order valence-corrected chi connectivity index (χ4v) is 8.11. The minimum atomic E-state index is -3.88. The molecule has 0 aliphatic rings. The van der Waals surface area contributed by atoms with Crippen LogP contribution in [0.5, 0.6) is 28.7 Å². The number of aromatic nitrogens is 2. The van der Waals surface area contributed by atoms with Gasteiger partial charge in [-0.05, 0) is 116 Å². The summed E-state index contributed by atoms with van der Waals surface area (Å²) in [5.41, 5.74) is 2.73. The Morgan fingerprint density at radius 3 is 1.53 bits per heavy atom. The smallest absolute Gasteiger partial charge is 0.333 e. The summed E-state index contributed by atoms with van der Waals surface area (Å²) in [4.78, 5) is 13.3. The molecule has 0 unspecified atom stereocenters. The molecule has 0 saturated heterocycles. The van der Waals surface area contributed by atoms with E-state index < -0.39 is 19.7 Å². The van der Waals surface area contributed by atoms with Crippen LogP contribution in [0.4, 0.5) is 0 Å². The Hall–Kier alpha value is -6.11. The molecule has 6 aromatic carbocycles. The molecule has 51 heavy (non-hydrogen) atoms. The maximum absolute atomic E-state index is 13.4. The summed E-state index contributed by atoms with van der Waals surface area (Å²) in [5, 5.41) is 10.6. The van der Waals surface area contributed by atoms with Crippen LogP contribution in [0.1, 0.15) is 5.56 Å². The first kappa shape index (κ1) is 33.4. The lowest BCUT2D eigenvalue weighted by Gasteiger charge is -2.12. The molecule has 0 aliphatic carbocycles. The van der Waals surface area contributed by atoms with Crippen molar-refractivity contribution in [3.8, 4) is 34.4 Å². The van der Waals surface area contributed by atoms with Crippen molar-refractivity contribution in [2.75, 3.05) is 0 Å². The molecule has 12 heteroatoms. The zero-order valence-corrected chi connectivity index (χ0v) is 28.9. The zero-order chi connectivity index (χ0) is 35.9. The Labute approximate surface area is 293 Å². The van der Waals surface area contributed by atoms with E-state index in [1.165, 1.54) is 81.9 Å². The molecule has 7 rings (SSSR count). The van der Waals surface area contributed by atoms with Crippen molar-refractivity contribution >= 4 is 30.7 Å². The molecule has 1 N–H and O–H groups in total. The molecule has 0 radical (unpaired) electrons. The van der Waals surface area contributed by atoms with Crippen LogP contribution >= 0.6 is 0 Å². The van der Waals surface area contributed by atoms with E-state index in [9.17, 15) is 26.7 Å². The highest BCUT2D eigenvalue weighted by Gasteiger charge is 2.20. The third-order valence-corrected chi connectivity index (χ3v) is 11.9. The van der Waals surface area contributed by atoms with E-state index in [0.29, 0.717) is 22.7 Å². The molecular formula is C39H30N2O8S2. The summed E-state index contributed by atoms with van der Waals surface area (Å²) in [5.74, 6) is 0.814. The minimum absolute atomic E-state index is 0.0502. The maximum atomic E-state index is 13.4. The van der Waals surface area contributed by atoms with Gasteiger partial charge in [-0.3, -0.25) is 9.13 Å². The van der Waals surface area contributed by atoms with Gasteiger partial charge < -0.3 is 14.6 Å². The third-order valence-electron chi connectivity index (χ3n) is 8.36. The number of phenolic OH excluding ortho intramolecular Hbond substituents is 1. The van der Waals surface area contributed by atoms with E-state index in [0.717, 1.165) is 11.1 Å². The standard InChI is InChI=1S/C39H30N2O8S2/c1-26-7-16-31(17-8-26)50(44,45)34-22-13-29(14-23-34)49-38-24-15-30(25-37(38)42)48-28-11-20-33(21-12-28)51(46,47)32-18-9-27(10-19-32)41-36-6-4-3-5-35(36)40(2)39(41)43/h3-25,42H,1-2H3. The second-order valence-electron chi connectivity index (χ2n) is 11.8. The molecule has 0 fully saturated rings. The predicted molar refractivity (Wildman–Crippen MR) is 192 cm³/mol. The van der Waals surface area contributed by atoms with Gasteiger partial charge in [0.25, 0.3) is 0 Å². The second-order valence-corrected chi connectivity index (χ2v) is 15.7. The number of hydrogen-bond acceptors (Lipinski definition) is 8. The number of imidazole rings is 1. The summed E-state index contributed by atoms with van der Waals surface area (Å²) in [6, 6.07) is 36.3. The molecule has 0 amide bonds. The largest absolute Gasteiger partial charge is 0.504 e. The van der Waals surface area contributed by atoms with Crippen molar-refractivity contribution in [2.45, 2.75) is 26.5 Å². The lowest BCUT2D eigenvalue weighted by molar-refractivity contribution is 0.404. The highest BCUT2D eigenvalue weighted by Crippen LogP contribution is 2.36. The van der Waals surface area contributed by atoms with Gasteiger partial charge in [0.15, 0.2) is 11.5 Å². The van der Waals surface area contributed by atoms with Crippen LogP contribution in [-0.4, -0.2) is 31.1 Å². The van der Waals surface area contributed by atoms with Crippen molar-refractivity contribution < 1.29 is 31.4 Å². The molecule has 0 aliphatic heterocycles. The quantitative estimate of drug-likeness (QED) is 0.161.